The molecule has 0 amide bonds. The Bertz CT molecular complexity index is 541. The van der Waals surface area contributed by atoms with E-state index in [0.29, 0.717) is 0 Å². The summed E-state index contributed by atoms with van der Waals surface area (Å²) in [7, 11) is 0. The molecule has 0 radical (unpaired) electrons. The van der Waals surface area contributed by atoms with Gasteiger partial charge in [-0.2, -0.15) is 16.9 Å². The molecule has 1 aliphatic rings. The minimum Gasteiger partial charge on any atom is -0.412 e. The van der Waals surface area contributed by atoms with Crippen molar-refractivity contribution in [3.8, 4) is 0 Å². The first kappa shape index (κ1) is 21.8. The van der Waals surface area contributed by atoms with E-state index in [9.17, 15) is 0 Å². The van der Waals surface area contributed by atoms with Crippen LogP contribution in [0.25, 0.3) is 0 Å². The van der Waals surface area contributed by atoms with Gasteiger partial charge < -0.3 is 5.48 Å². The van der Waals surface area contributed by atoms with Gasteiger partial charge in [0, 0.05) is 6.20 Å². The molecule has 23 heavy (non-hydrogen) atoms. The Kier molecular flexibility index (Phi) is 12.6. The van der Waals surface area contributed by atoms with Gasteiger partial charge in [0.2, 0.25) is 0 Å². The van der Waals surface area contributed by atoms with Crippen LogP contribution in [-0.4, -0.2) is 27.7 Å². The fraction of sp³-hybridized carbons (Fsp3) is 0.294. The number of anilines is 1. The van der Waals surface area contributed by atoms with Gasteiger partial charge in [-0.05, 0) is 55.5 Å². The summed E-state index contributed by atoms with van der Waals surface area (Å²) in [6, 6.07) is 15.6. The van der Waals surface area contributed by atoms with Crippen molar-refractivity contribution >= 4 is 23.2 Å². The number of aromatic nitrogens is 1. The number of hydrazone groups is 1. The van der Waals surface area contributed by atoms with Crippen LogP contribution in [0.1, 0.15) is 25.5 Å². The molecule has 0 spiro atoms. The third-order valence-electron chi connectivity index (χ3n) is 2.99. The maximum atomic E-state index is 4.27. The maximum Gasteiger partial charge on any atom is 2.00 e. The molecule has 0 bridgehead atoms. The van der Waals surface area contributed by atoms with E-state index in [4.69, 9.17) is 0 Å². The van der Waals surface area contributed by atoms with Crippen LogP contribution in [0.15, 0.2) is 59.8 Å². The van der Waals surface area contributed by atoms with Gasteiger partial charge in [-0.25, -0.2) is 0 Å². The average molecular weight is 424 g/mol. The van der Waals surface area contributed by atoms with Crippen LogP contribution in [-0.2, 0) is 20.4 Å². The van der Waals surface area contributed by atoms with Crippen LogP contribution < -0.4 is 5.43 Å². The molecule has 3 rings (SSSR count). The van der Waals surface area contributed by atoms with Crippen molar-refractivity contribution in [3.05, 3.63) is 60.4 Å². The van der Waals surface area contributed by atoms with Crippen molar-refractivity contribution in [2.45, 2.75) is 19.8 Å². The van der Waals surface area contributed by atoms with Crippen LogP contribution in [0.3, 0.4) is 0 Å². The number of nitrogens with one attached hydrogen (secondary N) is 1. The van der Waals surface area contributed by atoms with Gasteiger partial charge in [0.15, 0.2) is 0 Å². The van der Waals surface area contributed by atoms with Crippen molar-refractivity contribution in [1.29, 1.82) is 0 Å². The Hall–Kier alpha value is -1.19. The fourth-order valence-electron chi connectivity index (χ4n) is 1.81. The first-order valence-corrected chi connectivity index (χ1v) is 8.36. The Balaban J connectivity index is 0.000000595. The maximum absolute atomic E-state index is 4.27. The van der Waals surface area contributed by atoms with Crippen LogP contribution in [0.2, 0.25) is 0 Å². The predicted octanol–water partition coefficient (Wildman–Crippen LogP) is 3.60. The summed E-state index contributed by atoms with van der Waals surface area (Å²) in [5.74, 6) is 2.83. The zero-order chi connectivity index (χ0) is 14.8. The number of hydrogen-bond donors (Lipinski definition) is 1. The van der Waals surface area contributed by atoms with Gasteiger partial charge >= 0.3 is 20.4 Å². The Morgan fingerprint density at radius 2 is 1.70 bits per heavy atom. The zero-order valence-corrected chi connectivity index (χ0v) is 15.5. The van der Waals surface area contributed by atoms with Crippen LogP contribution >= 0.6 is 11.8 Å². The van der Waals surface area contributed by atoms with E-state index < -0.39 is 0 Å². The quantitative estimate of drug-likeness (QED) is 0.466. The van der Waals surface area contributed by atoms with E-state index in [0.717, 1.165) is 17.1 Å². The molecule has 2 aromatic rings. The minimum absolute atomic E-state index is 0. The molecule has 4 nitrogen and oxygen atoms in total. The molecule has 126 valence electrons. The summed E-state index contributed by atoms with van der Waals surface area (Å²) in [6.07, 6.45) is 4.69. The topological polar surface area (TPSA) is 68.8 Å². The summed E-state index contributed by atoms with van der Waals surface area (Å²) in [5.41, 5.74) is 5.71. The molecule has 0 atom stereocenters. The molecular weight excluding hydrogens is 401 g/mol. The summed E-state index contributed by atoms with van der Waals surface area (Å²) < 4.78 is 0. The number of pyridine rings is 1. The Morgan fingerprint density at radius 3 is 2.22 bits per heavy atom. The van der Waals surface area contributed by atoms with Crippen LogP contribution in [0, 0.1) is 0 Å². The van der Waals surface area contributed by atoms with Crippen molar-refractivity contribution in [3.63, 3.8) is 0 Å². The summed E-state index contributed by atoms with van der Waals surface area (Å²) in [6.45, 7) is 1.93. The summed E-state index contributed by atoms with van der Waals surface area (Å²) >= 11 is 2.07. The average Bonchev–Trinajstić information content (AvgIpc) is 3.14. The monoisotopic (exact) mass is 423 g/mol. The van der Waals surface area contributed by atoms with Crippen LogP contribution in [0.4, 0.5) is 5.69 Å². The number of benzene rings is 1. The number of para-hydroxylation sites is 1. The molecule has 2 heterocycles. The molecule has 0 unspecified atom stereocenters. The second-order valence-electron chi connectivity index (χ2n) is 4.71. The predicted molar refractivity (Wildman–Crippen MR) is 96.7 cm³/mol. The van der Waals surface area contributed by atoms with E-state index in [2.05, 4.69) is 27.3 Å². The molecule has 0 aliphatic carbocycles. The Labute approximate surface area is 156 Å². The third-order valence-corrected chi connectivity index (χ3v) is 4.14. The minimum atomic E-state index is 0. The molecule has 1 fully saturated rings. The van der Waals surface area contributed by atoms with Gasteiger partial charge in [-0.1, -0.05) is 24.3 Å². The second kappa shape index (κ2) is 13.3. The summed E-state index contributed by atoms with van der Waals surface area (Å²) in [5, 5.41) is 4.27. The van der Waals surface area contributed by atoms with E-state index >= 15 is 0 Å². The van der Waals surface area contributed by atoms with Gasteiger partial charge in [0.1, 0.15) is 0 Å². The second-order valence-corrected chi connectivity index (χ2v) is 5.93. The molecular formula is C17H23N3OPdS+2. The molecule has 0 saturated carbocycles. The van der Waals surface area contributed by atoms with E-state index in [1.807, 2.05) is 55.5 Å². The molecule has 6 heteroatoms. The normalized spacial score (nSPS) is 13.0. The van der Waals surface area contributed by atoms with Crippen LogP contribution in [0.5, 0.6) is 0 Å². The van der Waals surface area contributed by atoms with Gasteiger partial charge in [-0.3, -0.25) is 10.4 Å². The number of hydrogen-bond acceptors (Lipinski definition) is 4. The van der Waals surface area contributed by atoms with Gasteiger partial charge in [-0.15, -0.1) is 0 Å². The largest absolute Gasteiger partial charge is 2.00 e. The standard InChI is InChI=1S/C13H13N3.C4H8S.H2O.Pd/c1-11(13-9-5-6-10-14-13)15-16-12-7-3-2-4-8-12;1-2-4-5-3-1;;/h2-10,16H,1H3;1-4H2;1H2;/q;;;+2/b15-11+;;;. The van der Waals surface area contributed by atoms with E-state index in [1.54, 1.807) is 6.20 Å². The molecule has 1 saturated heterocycles. The fourth-order valence-corrected chi connectivity index (χ4v) is 2.83. The SMILES string of the molecule is C/C(=N\Nc1ccccc1)c1ccccn1.C1CCSC1.O.[Pd+2]. The molecule has 1 aliphatic heterocycles. The number of nitrogens with zero attached hydrogens (tertiary/aromatic N) is 2. The number of thioether (sulfide) groups is 1. The van der Waals surface area contributed by atoms with Crippen molar-refractivity contribution < 1.29 is 25.9 Å². The molecule has 3 N–H and O–H groups in total. The number of rotatable bonds is 3. The van der Waals surface area contributed by atoms with E-state index in [1.165, 1.54) is 24.3 Å². The van der Waals surface area contributed by atoms with Gasteiger partial charge in [0.05, 0.1) is 17.1 Å². The van der Waals surface area contributed by atoms with Crippen molar-refractivity contribution in [2.24, 2.45) is 5.10 Å². The molecule has 1 aromatic carbocycles. The smallest absolute Gasteiger partial charge is 0.412 e. The third kappa shape index (κ3) is 8.87. The van der Waals surface area contributed by atoms with Gasteiger partial charge in [0.25, 0.3) is 0 Å². The zero-order valence-electron chi connectivity index (χ0n) is 13.1. The first-order chi connectivity index (χ1) is 10.4. The van der Waals surface area contributed by atoms with Crippen molar-refractivity contribution in [1.82, 2.24) is 4.98 Å². The van der Waals surface area contributed by atoms with E-state index in [-0.39, 0.29) is 25.9 Å². The first-order valence-electron chi connectivity index (χ1n) is 7.21. The Morgan fingerprint density at radius 1 is 1.04 bits per heavy atom. The summed E-state index contributed by atoms with van der Waals surface area (Å²) in [4.78, 5) is 4.22. The van der Waals surface area contributed by atoms with Crippen molar-refractivity contribution in [2.75, 3.05) is 16.9 Å². The molecule has 1 aromatic heterocycles.